The quantitative estimate of drug-likeness (QED) is 0.208. The monoisotopic (exact) mass is 539 g/mol. The van der Waals surface area contributed by atoms with E-state index in [9.17, 15) is 4.79 Å². The predicted molar refractivity (Wildman–Crippen MR) is 135 cm³/mol. The molecular weight excluding hydrogens is 505 g/mol. The molecule has 1 aliphatic heterocycles. The molecule has 0 aliphatic carbocycles. The lowest BCUT2D eigenvalue weighted by Crippen LogP contribution is -2.51. The van der Waals surface area contributed by atoms with Crippen LogP contribution in [0.5, 0.6) is 0 Å². The van der Waals surface area contributed by atoms with Gasteiger partial charge in [-0.3, -0.25) is 14.7 Å². The van der Waals surface area contributed by atoms with Crippen LogP contribution in [0.15, 0.2) is 58.1 Å². The number of carbonyl (C=O) groups excluding carboxylic acids is 1. The number of nitrogens with one attached hydrogen (secondary N) is 3. The van der Waals surface area contributed by atoms with E-state index in [0.717, 1.165) is 38.4 Å². The lowest BCUT2D eigenvalue weighted by molar-refractivity contribution is 0.0927. The van der Waals surface area contributed by atoms with Crippen LogP contribution in [-0.4, -0.2) is 55.0 Å². The topological polar surface area (TPSA) is 81.9 Å². The van der Waals surface area contributed by atoms with Gasteiger partial charge in [0.25, 0.3) is 5.91 Å². The van der Waals surface area contributed by atoms with E-state index in [0.29, 0.717) is 30.9 Å². The molecular formula is C23H34IN5O2. The number of hydrogen-bond donors (Lipinski definition) is 3. The van der Waals surface area contributed by atoms with Crippen molar-refractivity contribution in [2.24, 2.45) is 4.99 Å². The second-order valence-corrected chi connectivity index (χ2v) is 7.66. The van der Waals surface area contributed by atoms with Gasteiger partial charge < -0.3 is 20.4 Å². The van der Waals surface area contributed by atoms with Crippen molar-refractivity contribution in [2.75, 3.05) is 26.2 Å². The van der Waals surface area contributed by atoms with Crippen LogP contribution < -0.4 is 16.0 Å². The van der Waals surface area contributed by atoms with Crippen LogP contribution in [0.2, 0.25) is 0 Å². The zero-order valence-electron chi connectivity index (χ0n) is 18.3. The standard InChI is InChI=1S/C23H33N5O2.HI/c1-3-24-23(26-13-12-25-22(29)21-10-7-15-30-21)27-20-11-14-28(18(2)16-20)17-19-8-5-4-6-9-19;/h4-10,15,18,20H,3,11-14,16-17H2,1-2H3,(H,25,29)(H2,24,26,27);1H. The van der Waals surface area contributed by atoms with Crippen LogP contribution in [0.4, 0.5) is 0 Å². The number of rotatable bonds is 8. The number of furan rings is 1. The second kappa shape index (κ2) is 13.4. The summed E-state index contributed by atoms with van der Waals surface area (Å²) in [7, 11) is 0. The van der Waals surface area contributed by atoms with Crippen molar-refractivity contribution in [3.05, 3.63) is 60.1 Å². The molecule has 2 atom stereocenters. The highest BCUT2D eigenvalue weighted by atomic mass is 127. The average Bonchev–Trinajstić information content (AvgIpc) is 3.29. The summed E-state index contributed by atoms with van der Waals surface area (Å²) in [6.45, 7) is 8.18. The van der Waals surface area contributed by atoms with Gasteiger partial charge in [-0.2, -0.15) is 0 Å². The van der Waals surface area contributed by atoms with E-state index >= 15 is 0 Å². The Balaban J connectivity index is 0.00000341. The number of hydrogen-bond acceptors (Lipinski definition) is 4. The van der Waals surface area contributed by atoms with Crippen molar-refractivity contribution < 1.29 is 9.21 Å². The van der Waals surface area contributed by atoms with Crippen molar-refractivity contribution in [3.8, 4) is 0 Å². The minimum Gasteiger partial charge on any atom is -0.459 e. The first kappa shape index (κ1) is 25.2. The summed E-state index contributed by atoms with van der Waals surface area (Å²) in [5.74, 6) is 0.909. The number of likely N-dealkylation sites (tertiary alicyclic amines) is 1. The van der Waals surface area contributed by atoms with Crippen LogP contribution in [0.3, 0.4) is 0 Å². The Morgan fingerprint density at radius 1 is 1.19 bits per heavy atom. The summed E-state index contributed by atoms with van der Waals surface area (Å²) in [4.78, 5) is 19.1. The Labute approximate surface area is 202 Å². The molecule has 1 aliphatic rings. The molecule has 1 aromatic carbocycles. The summed E-state index contributed by atoms with van der Waals surface area (Å²) < 4.78 is 5.09. The third-order valence-corrected chi connectivity index (χ3v) is 5.34. The second-order valence-electron chi connectivity index (χ2n) is 7.66. The Morgan fingerprint density at radius 2 is 2.00 bits per heavy atom. The fourth-order valence-corrected chi connectivity index (χ4v) is 3.75. The van der Waals surface area contributed by atoms with Gasteiger partial charge >= 0.3 is 0 Å². The van der Waals surface area contributed by atoms with Crippen LogP contribution in [0.25, 0.3) is 0 Å². The Hall–Kier alpha value is -2.07. The number of nitrogens with zero attached hydrogens (tertiary/aromatic N) is 2. The van der Waals surface area contributed by atoms with Crippen molar-refractivity contribution in [2.45, 2.75) is 45.3 Å². The van der Waals surface area contributed by atoms with Gasteiger partial charge in [0.2, 0.25) is 0 Å². The van der Waals surface area contributed by atoms with Gasteiger partial charge in [0.05, 0.1) is 12.8 Å². The number of halogens is 1. The molecule has 170 valence electrons. The van der Waals surface area contributed by atoms with E-state index in [1.807, 2.05) is 0 Å². The Morgan fingerprint density at radius 3 is 2.68 bits per heavy atom. The zero-order chi connectivity index (χ0) is 21.2. The first-order valence-electron chi connectivity index (χ1n) is 10.8. The van der Waals surface area contributed by atoms with Crippen LogP contribution >= 0.6 is 24.0 Å². The van der Waals surface area contributed by atoms with E-state index < -0.39 is 0 Å². The number of carbonyl (C=O) groups is 1. The van der Waals surface area contributed by atoms with Crippen molar-refractivity contribution in [3.63, 3.8) is 0 Å². The van der Waals surface area contributed by atoms with E-state index in [-0.39, 0.29) is 29.9 Å². The molecule has 7 nitrogen and oxygen atoms in total. The van der Waals surface area contributed by atoms with Crippen molar-refractivity contribution >= 4 is 35.8 Å². The maximum Gasteiger partial charge on any atom is 0.287 e. The van der Waals surface area contributed by atoms with Gasteiger partial charge in [-0.1, -0.05) is 30.3 Å². The zero-order valence-corrected chi connectivity index (χ0v) is 20.7. The molecule has 0 radical (unpaired) electrons. The van der Waals surface area contributed by atoms with E-state index in [1.165, 1.54) is 11.8 Å². The molecule has 8 heteroatoms. The third kappa shape index (κ3) is 8.17. The highest BCUT2D eigenvalue weighted by molar-refractivity contribution is 14.0. The van der Waals surface area contributed by atoms with E-state index in [4.69, 9.17) is 4.42 Å². The molecule has 3 N–H and O–H groups in total. The molecule has 2 unspecified atom stereocenters. The molecule has 1 aromatic heterocycles. The van der Waals surface area contributed by atoms with Crippen molar-refractivity contribution in [1.82, 2.24) is 20.9 Å². The number of aliphatic imine (C=N–C) groups is 1. The first-order valence-corrected chi connectivity index (χ1v) is 10.8. The van der Waals surface area contributed by atoms with Crippen LogP contribution in [-0.2, 0) is 6.54 Å². The largest absolute Gasteiger partial charge is 0.459 e. The Bertz CT molecular complexity index is 798. The summed E-state index contributed by atoms with van der Waals surface area (Å²) in [6.07, 6.45) is 3.65. The molecule has 1 saturated heterocycles. The van der Waals surface area contributed by atoms with Crippen LogP contribution in [0.1, 0.15) is 42.8 Å². The lowest BCUT2D eigenvalue weighted by Gasteiger charge is -2.38. The van der Waals surface area contributed by atoms with Crippen LogP contribution in [0, 0.1) is 0 Å². The van der Waals surface area contributed by atoms with E-state index in [2.05, 4.69) is 70.0 Å². The highest BCUT2D eigenvalue weighted by Gasteiger charge is 2.25. The maximum absolute atomic E-state index is 11.9. The normalized spacial score (nSPS) is 19.4. The number of amides is 1. The molecule has 0 saturated carbocycles. The smallest absolute Gasteiger partial charge is 0.287 e. The van der Waals surface area contributed by atoms with E-state index in [1.54, 1.807) is 12.1 Å². The molecule has 1 amide bonds. The van der Waals surface area contributed by atoms with Crippen molar-refractivity contribution in [1.29, 1.82) is 0 Å². The minimum atomic E-state index is -0.215. The summed E-state index contributed by atoms with van der Waals surface area (Å²) >= 11 is 0. The molecule has 2 heterocycles. The molecule has 0 spiro atoms. The molecule has 3 rings (SSSR count). The fraction of sp³-hybridized carbons (Fsp3) is 0.478. The number of piperidine rings is 1. The Kier molecular flexibility index (Phi) is 10.9. The first-order chi connectivity index (χ1) is 14.7. The number of benzene rings is 1. The van der Waals surface area contributed by atoms with Gasteiger partial charge in [0.15, 0.2) is 11.7 Å². The SMILES string of the molecule is CCNC(=NCCNC(=O)c1ccco1)NC1CCN(Cc2ccccc2)C(C)C1.I. The predicted octanol–water partition coefficient (Wildman–Crippen LogP) is 3.24. The average molecular weight is 539 g/mol. The highest BCUT2D eigenvalue weighted by Crippen LogP contribution is 2.19. The molecule has 31 heavy (non-hydrogen) atoms. The fourth-order valence-electron chi connectivity index (χ4n) is 3.75. The van der Waals surface area contributed by atoms with Gasteiger partial charge in [-0.25, -0.2) is 0 Å². The van der Waals surface area contributed by atoms with Gasteiger partial charge in [0, 0.05) is 38.3 Å². The molecule has 1 fully saturated rings. The number of guanidine groups is 1. The lowest BCUT2D eigenvalue weighted by atomic mass is 9.97. The summed E-state index contributed by atoms with van der Waals surface area (Å²) in [5, 5.41) is 9.69. The van der Waals surface area contributed by atoms with Gasteiger partial charge in [-0.15, -0.1) is 24.0 Å². The summed E-state index contributed by atoms with van der Waals surface area (Å²) in [5.41, 5.74) is 1.36. The summed E-state index contributed by atoms with van der Waals surface area (Å²) in [6, 6.07) is 14.9. The minimum absolute atomic E-state index is 0. The third-order valence-electron chi connectivity index (χ3n) is 5.34. The van der Waals surface area contributed by atoms with Gasteiger partial charge in [0.1, 0.15) is 0 Å². The maximum atomic E-state index is 11.9. The molecule has 2 aromatic rings. The molecule has 0 bridgehead atoms. The van der Waals surface area contributed by atoms with Gasteiger partial charge in [-0.05, 0) is 44.4 Å².